The number of rotatable bonds is 3. The molecule has 1 N–H and O–H groups in total. The van der Waals surface area contributed by atoms with Gasteiger partial charge in [0.05, 0.1) is 6.07 Å². The van der Waals surface area contributed by atoms with Gasteiger partial charge in [-0.3, -0.25) is 0 Å². The van der Waals surface area contributed by atoms with Crippen LogP contribution in [-0.2, 0) is 0 Å². The predicted octanol–water partition coefficient (Wildman–Crippen LogP) is 4.41. The highest BCUT2D eigenvalue weighted by atomic mass is 19.1. The van der Waals surface area contributed by atoms with Crippen LogP contribution in [0, 0.1) is 30.0 Å². The molecule has 1 aromatic rings. The summed E-state index contributed by atoms with van der Waals surface area (Å²) < 4.78 is 13.4. The van der Waals surface area contributed by atoms with E-state index < -0.39 is 5.54 Å². The summed E-state index contributed by atoms with van der Waals surface area (Å²) in [6, 6.07) is 7.31. The molecule has 2 nitrogen and oxygen atoms in total. The Morgan fingerprint density at radius 3 is 2.89 bits per heavy atom. The number of benzene rings is 1. The Morgan fingerprint density at radius 1 is 1.47 bits per heavy atom. The third-order valence-corrected chi connectivity index (χ3v) is 4.07. The van der Waals surface area contributed by atoms with Crippen molar-refractivity contribution in [1.29, 1.82) is 5.26 Å². The van der Waals surface area contributed by atoms with Crippen molar-refractivity contribution in [3.8, 4) is 6.07 Å². The quantitative estimate of drug-likeness (QED) is 0.873. The highest BCUT2D eigenvalue weighted by Crippen LogP contribution is 2.36. The summed E-state index contributed by atoms with van der Waals surface area (Å²) in [5.74, 6) is 0.342. The molecule has 2 atom stereocenters. The van der Waals surface area contributed by atoms with Crippen LogP contribution in [0.25, 0.3) is 0 Å². The van der Waals surface area contributed by atoms with E-state index in [1.807, 2.05) is 13.0 Å². The normalized spacial score (nSPS) is 26.7. The molecule has 0 aromatic heterocycles. The molecule has 0 bridgehead atoms. The highest BCUT2D eigenvalue weighted by molar-refractivity contribution is 5.50. The molecule has 0 heterocycles. The van der Waals surface area contributed by atoms with Crippen molar-refractivity contribution in [1.82, 2.24) is 0 Å². The predicted molar refractivity (Wildman–Crippen MR) is 75.4 cm³/mol. The maximum atomic E-state index is 13.4. The van der Waals surface area contributed by atoms with Crippen molar-refractivity contribution in [3.05, 3.63) is 29.6 Å². The van der Waals surface area contributed by atoms with E-state index in [-0.39, 0.29) is 5.82 Å². The maximum Gasteiger partial charge on any atom is 0.125 e. The van der Waals surface area contributed by atoms with Crippen molar-refractivity contribution in [2.24, 2.45) is 5.92 Å². The van der Waals surface area contributed by atoms with E-state index in [1.165, 1.54) is 18.6 Å². The summed E-state index contributed by atoms with van der Waals surface area (Å²) in [5, 5.41) is 12.8. The van der Waals surface area contributed by atoms with Crippen molar-refractivity contribution in [2.45, 2.75) is 51.5 Å². The van der Waals surface area contributed by atoms with Gasteiger partial charge in [0.1, 0.15) is 11.4 Å². The van der Waals surface area contributed by atoms with Crippen LogP contribution in [0.5, 0.6) is 0 Å². The van der Waals surface area contributed by atoms with Gasteiger partial charge in [-0.2, -0.15) is 5.26 Å². The van der Waals surface area contributed by atoms with Crippen molar-refractivity contribution in [2.75, 3.05) is 5.32 Å². The molecule has 1 fully saturated rings. The number of anilines is 1. The van der Waals surface area contributed by atoms with E-state index in [9.17, 15) is 9.65 Å². The van der Waals surface area contributed by atoms with Crippen molar-refractivity contribution < 1.29 is 4.39 Å². The number of nitriles is 1. The summed E-state index contributed by atoms with van der Waals surface area (Å²) in [7, 11) is 0. The molecule has 1 saturated carbocycles. The molecule has 2 unspecified atom stereocenters. The average Bonchev–Trinajstić information content (AvgIpc) is 2.37. The Kier molecular flexibility index (Phi) is 4.09. The minimum Gasteiger partial charge on any atom is -0.367 e. The topological polar surface area (TPSA) is 35.8 Å². The van der Waals surface area contributed by atoms with E-state index in [4.69, 9.17) is 0 Å². The molecular formula is C16H21FN2. The Hall–Kier alpha value is -1.56. The first-order chi connectivity index (χ1) is 9.07. The SMILES string of the molecule is CCC1CCCC(C#N)(Nc2cc(C)cc(F)c2)C1. The Bertz CT molecular complexity index is 472. The molecule has 1 aromatic carbocycles. The Morgan fingerprint density at radius 2 is 2.26 bits per heavy atom. The van der Waals surface area contributed by atoms with Crippen LogP contribution in [0.2, 0.25) is 0 Å². The van der Waals surface area contributed by atoms with Gasteiger partial charge in [0.15, 0.2) is 0 Å². The summed E-state index contributed by atoms with van der Waals surface area (Å²) in [6.45, 7) is 4.04. The van der Waals surface area contributed by atoms with Gasteiger partial charge in [-0.25, -0.2) is 4.39 Å². The van der Waals surface area contributed by atoms with Gasteiger partial charge < -0.3 is 5.32 Å². The first-order valence-electron chi connectivity index (χ1n) is 7.03. The fourth-order valence-electron chi connectivity index (χ4n) is 3.07. The number of nitrogens with one attached hydrogen (secondary N) is 1. The van der Waals surface area contributed by atoms with E-state index in [0.717, 1.165) is 36.9 Å². The number of hydrogen-bond acceptors (Lipinski definition) is 2. The van der Waals surface area contributed by atoms with Gasteiger partial charge in [0, 0.05) is 5.69 Å². The van der Waals surface area contributed by atoms with E-state index >= 15 is 0 Å². The lowest BCUT2D eigenvalue weighted by Crippen LogP contribution is -2.41. The van der Waals surface area contributed by atoms with Gasteiger partial charge in [0.2, 0.25) is 0 Å². The van der Waals surface area contributed by atoms with Gasteiger partial charge >= 0.3 is 0 Å². The molecule has 0 aliphatic heterocycles. The second-order valence-corrected chi connectivity index (χ2v) is 5.71. The minimum absolute atomic E-state index is 0.251. The van der Waals surface area contributed by atoms with Crippen molar-refractivity contribution >= 4 is 5.69 Å². The molecule has 3 heteroatoms. The van der Waals surface area contributed by atoms with Crippen LogP contribution in [0.15, 0.2) is 18.2 Å². The van der Waals surface area contributed by atoms with Gasteiger partial charge in [-0.1, -0.05) is 19.8 Å². The van der Waals surface area contributed by atoms with Crippen LogP contribution in [0.3, 0.4) is 0 Å². The van der Waals surface area contributed by atoms with Gasteiger partial charge in [-0.15, -0.1) is 0 Å². The molecular weight excluding hydrogens is 239 g/mol. The fraction of sp³-hybridized carbons (Fsp3) is 0.562. The third kappa shape index (κ3) is 3.26. The van der Waals surface area contributed by atoms with Gasteiger partial charge in [-0.05, 0) is 55.9 Å². The fourth-order valence-corrected chi connectivity index (χ4v) is 3.07. The van der Waals surface area contributed by atoms with Crippen LogP contribution in [-0.4, -0.2) is 5.54 Å². The zero-order valence-corrected chi connectivity index (χ0v) is 11.7. The first kappa shape index (κ1) is 13.9. The molecule has 1 aliphatic carbocycles. The number of aryl methyl sites for hydroxylation is 1. The van der Waals surface area contributed by atoms with Gasteiger partial charge in [0.25, 0.3) is 0 Å². The molecule has 0 radical (unpaired) electrons. The summed E-state index contributed by atoms with van der Waals surface area (Å²) in [6.07, 6.45) is 5.07. The molecule has 2 rings (SSSR count). The second-order valence-electron chi connectivity index (χ2n) is 5.71. The standard InChI is InChI=1S/C16H21FN2/c1-3-13-5-4-6-16(10-13,11-18)19-15-8-12(2)7-14(17)9-15/h7-9,13,19H,3-6,10H2,1-2H3. The molecule has 19 heavy (non-hydrogen) atoms. The van der Waals surface area contributed by atoms with Crippen LogP contribution >= 0.6 is 0 Å². The highest BCUT2D eigenvalue weighted by Gasteiger charge is 2.36. The summed E-state index contributed by atoms with van der Waals surface area (Å²) >= 11 is 0. The third-order valence-electron chi connectivity index (χ3n) is 4.07. The van der Waals surface area contributed by atoms with Crippen LogP contribution in [0.4, 0.5) is 10.1 Å². The average molecular weight is 260 g/mol. The molecule has 0 amide bonds. The summed E-state index contributed by atoms with van der Waals surface area (Å²) in [5.41, 5.74) is 1.06. The Labute approximate surface area is 114 Å². The largest absolute Gasteiger partial charge is 0.367 e. The zero-order valence-electron chi connectivity index (χ0n) is 11.7. The molecule has 1 aliphatic rings. The zero-order chi connectivity index (χ0) is 13.9. The number of nitrogens with zero attached hydrogens (tertiary/aromatic N) is 1. The van der Waals surface area contributed by atoms with E-state index in [2.05, 4.69) is 18.3 Å². The second kappa shape index (κ2) is 5.61. The lowest BCUT2D eigenvalue weighted by molar-refractivity contribution is 0.283. The monoisotopic (exact) mass is 260 g/mol. The maximum absolute atomic E-state index is 13.4. The Balaban J connectivity index is 2.20. The number of hydrogen-bond donors (Lipinski definition) is 1. The smallest absolute Gasteiger partial charge is 0.125 e. The minimum atomic E-state index is -0.529. The molecule has 0 saturated heterocycles. The summed E-state index contributed by atoms with van der Waals surface area (Å²) in [4.78, 5) is 0. The molecule has 0 spiro atoms. The molecule has 102 valence electrons. The lowest BCUT2D eigenvalue weighted by Gasteiger charge is -2.37. The lowest BCUT2D eigenvalue weighted by atomic mass is 9.75. The van der Waals surface area contributed by atoms with Crippen molar-refractivity contribution in [3.63, 3.8) is 0 Å². The van der Waals surface area contributed by atoms with E-state index in [0.29, 0.717) is 5.92 Å². The van der Waals surface area contributed by atoms with E-state index in [1.54, 1.807) is 0 Å². The van der Waals surface area contributed by atoms with Crippen LogP contribution < -0.4 is 5.32 Å². The van der Waals surface area contributed by atoms with Crippen LogP contribution in [0.1, 0.15) is 44.6 Å². The number of halogens is 1. The first-order valence-corrected chi connectivity index (χ1v) is 7.03.